The Balaban J connectivity index is 1.73. The summed E-state index contributed by atoms with van der Waals surface area (Å²) in [5, 5.41) is 5.36. The van der Waals surface area contributed by atoms with Crippen molar-refractivity contribution < 1.29 is 23.5 Å². The van der Waals surface area contributed by atoms with Crippen LogP contribution < -0.4 is 20.1 Å². The highest BCUT2D eigenvalue weighted by molar-refractivity contribution is 6.20. The summed E-state index contributed by atoms with van der Waals surface area (Å²) in [6.07, 6.45) is -1.28. The Hall–Kier alpha value is -4.20. The molecule has 7 nitrogen and oxygen atoms in total. The number of carbonyl (C=O) groups is 2. The van der Waals surface area contributed by atoms with Gasteiger partial charge in [0.1, 0.15) is 5.82 Å². The van der Waals surface area contributed by atoms with E-state index in [4.69, 9.17) is 9.47 Å². The highest BCUT2D eigenvalue weighted by Gasteiger charge is 2.28. The smallest absolute Gasteiger partial charge is 0.269 e. The SMILES string of the molecule is COc1ccc(C(=O)N[C@H]2N=C(c3ccccc3F)c3ccccc3NC2=O)cc1OC. The molecule has 0 radical (unpaired) electrons. The number of halogens is 1. The molecule has 3 aromatic rings. The lowest BCUT2D eigenvalue weighted by Gasteiger charge is -2.14. The lowest BCUT2D eigenvalue weighted by atomic mass is 10.0. The quantitative estimate of drug-likeness (QED) is 0.646. The van der Waals surface area contributed by atoms with Crippen LogP contribution >= 0.6 is 0 Å². The molecule has 0 aromatic heterocycles. The zero-order valence-electron chi connectivity index (χ0n) is 17.4. The van der Waals surface area contributed by atoms with Crippen LogP contribution in [0.25, 0.3) is 0 Å². The molecule has 0 unspecified atom stereocenters. The second-order valence-corrected chi connectivity index (χ2v) is 6.94. The number of hydrogen-bond acceptors (Lipinski definition) is 5. The molecule has 4 rings (SSSR count). The lowest BCUT2D eigenvalue weighted by molar-refractivity contribution is -0.117. The molecule has 1 atom stereocenters. The molecule has 0 saturated carbocycles. The van der Waals surface area contributed by atoms with Gasteiger partial charge in [-0.2, -0.15) is 0 Å². The maximum atomic E-state index is 14.6. The van der Waals surface area contributed by atoms with Crippen molar-refractivity contribution in [3.63, 3.8) is 0 Å². The largest absolute Gasteiger partial charge is 0.493 e. The highest BCUT2D eigenvalue weighted by atomic mass is 19.1. The standard InChI is InChI=1S/C24H20FN3O4/c1-31-19-12-11-14(13-20(19)32-2)23(29)28-22-24(30)26-18-10-6-4-8-16(18)21(27-22)15-7-3-5-9-17(15)25/h3-13,22H,1-2H3,(H,26,30)(H,28,29)/t22-/m1/s1. The van der Waals surface area contributed by atoms with Crippen LogP contribution in [0.3, 0.4) is 0 Å². The average molecular weight is 433 g/mol. The summed E-state index contributed by atoms with van der Waals surface area (Å²) in [4.78, 5) is 30.2. The molecular formula is C24H20FN3O4. The second kappa shape index (κ2) is 8.89. The van der Waals surface area contributed by atoms with E-state index in [0.29, 0.717) is 22.7 Å². The van der Waals surface area contributed by atoms with Gasteiger partial charge >= 0.3 is 0 Å². The van der Waals surface area contributed by atoms with Crippen LogP contribution in [0.15, 0.2) is 71.7 Å². The molecule has 0 saturated heterocycles. The van der Waals surface area contributed by atoms with Crippen molar-refractivity contribution in [3.8, 4) is 11.5 Å². The molecule has 0 bridgehead atoms. The molecule has 0 fully saturated rings. The number of rotatable bonds is 5. The zero-order valence-corrected chi connectivity index (χ0v) is 17.4. The molecule has 8 heteroatoms. The number of aliphatic imine (C=N–C) groups is 1. The third-order valence-electron chi connectivity index (χ3n) is 4.99. The van der Waals surface area contributed by atoms with E-state index in [0.717, 1.165) is 0 Å². The summed E-state index contributed by atoms with van der Waals surface area (Å²) >= 11 is 0. The minimum absolute atomic E-state index is 0.224. The second-order valence-electron chi connectivity index (χ2n) is 6.94. The number of benzodiazepines with no additional fused rings is 1. The van der Waals surface area contributed by atoms with Crippen LogP contribution in [0.1, 0.15) is 21.5 Å². The summed E-state index contributed by atoms with van der Waals surface area (Å²) in [6.45, 7) is 0. The predicted molar refractivity (Wildman–Crippen MR) is 118 cm³/mol. The lowest BCUT2D eigenvalue weighted by Crippen LogP contribution is -2.42. The first kappa shape index (κ1) is 21.0. The maximum Gasteiger partial charge on any atom is 0.269 e. The van der Waals surface area contributed by atoms with Gasteiger partial charge in [-0.05, 0) is 36.4 Å². The summed E-state index contributed by atoms with van der Waals surface area (Å²) in [5.41, 5.74) is 1.76. The van der Waals surface area contributed by atoms with Crippen molar-refractivity contribution in [1.29, 1.82) is 0 Å². The van der Waals surface area contributed by atoms with Gasteiger partial charge in [0.15, 0.2) is 11.5 Å². The molecule has 3 aromatic carbocycles. The summed E-state index contributed by atoms with van der Waals surface area (Å²) in [5.74, 6) is -0.744. The molecule has 1 heterocycles. The Kier molecular flexibility index (Phi) is 5.85. The number of hydrogen-bond donors (Lipinski definition) is 2. The van der Waals surface area contributed by atoms with Gasteiger partial charge in [0, 0.05) is 16.7 Å². The van der Waals surface area contributed by atoms with E-state index in [1.54, 1.807) is 54.6 Å². The number of ether oxygens (including phenoxy) is 2. The molecule has 162 valence electrons. The van der Waals surface area contributed by atoms with Crippen LogP contribution in [0.5, 0.6) is 11.5 Å². The fourth-order valence-electron chi connectivity index (χ4n) is 3.41. The Morgan fingerprint density at radius 2 is 1.66 bits per heavy atom. The van der Waals surface area contributed by atoms with Gasteiger partial charge < -0.3 is 20.1 Å². The predicted octanol–water partition coefficient (Wildman–Crippen LogP) is 3.39. The number of methoxy groups -OCH3 is 2. The Labute approximate surface area is 183 Å². The Morgan fingerprint density at radius 1 is 0.969 bits per heavy atom. The molecule has 2 amide bonds. The third-order valence-corrected chi connectivity index (χ3v) is 4.99. The van der Waals surface area contributed by atoms with Crippen LogP contribution in [0, 0.1) is 5.82 Å². The molecule has 32 heavy (non-hydrogen) atoms. The monoisotopic (exact) mass is 433 g/mol. The third kappa shape index (κ3) is 4.02. The minimum Gasteiger partial charge on any atom is -0.493 e. The van der Waals surface area contributed by atoms with Crippen molar-refractivity contribution in [2.75, 3.05) is 19.5 Å². The van der Waals surface area contributed by atoms with Crippen LogP contribution in [0.4, 0.5) is 10.1 Å². The molecule has 1 aliphatic rings. The number of amides is 2. The number of nitrogens with one attached hydrogen (secondary N) is 2. The normalized spacial score (nSPS) is 15.0. The molecular weight excluding hydrogens is 413 g/mol. The molecule has 0 aliphatic carbocycles. The van der Waals surface area contributed by atoms with E-state index in [9.17, 15) is 14.0 Å². The van der Waals surface area contributed by atoms with E-state index in [2.05, 4.69) is 15.6 Å². The van der Waals surface area contributed by atoms with Gasteiger partial charge in [0.25, 0.3) is 11.8 Å². The van der Waals surface area contributed by atoms with E-state index in [1.807, 2.05) is 0 Å². The highest BCUT2D eigenvalue weighted by Crippen LogP contribution is 2.28. The number of carbonyl (C=O) groups excluding carboxylic acids is 2. The van der Waals surface area contributed by atoms with Crippen molar-refractivity contribution in [1.82, 2.24) is 5.32 Å². The van der Waals surface area contributed by atoms with Gasteiger partial charge in [-0.1, -0.05) is 30.3 Å². The van der Waals surface area contributed by atoms with Crippen LogP contribution in [-0.4, -0.2) is 37.9 Å². The van der Waals surface area contributed by atoms with Crippen molar-refractivity contribution in [2.45, 2.75) is 6.17 Å². The Bertz CT molecular complexity index is 1230. The van der Waals surface area contributed by atoms with Crippen LogP contribution in [0.2, 0.25) is 0 Å². The zero-order chi connectivity index (χ0) is 22.7. The van der Waals surface area contributed by atoms with Crippen molar-refractivity contribution in [3.05, 3.63) is 89.2 Å². The van der Waals surface area contributed by atoms with E-state index in [-0.39, 0.29) is 16.8 Å². The van der Waals surface area contributed by atoms with Crippen molar-refractivity contribution >= 4 is 23.2 Å². The molecule has 1 aliphatic heterocycles. The van der Waals surface area contributed by atoms with Crippen molar-refractivity contribution in [2.24, 2.45) is 4.99 Å². The first-order valence-electron chi connectivity index (χ1n) is 9.77. The summed E-state index contributed by atoms with van der Waals surface area (Å²) < 4.78 is 25.0. The van der Waals surface area contributed by atoms with Crippen LogP contribution in [-0.2, 0) is 4.79 Å². The van der Waals surface area contributed by atoms with Gasteiger partial charge in [0.05, 0.1) is 25.6 Å². The minimum atomic E-state index is -1.28. The van der Waals surface area contributed by atoms with E-state index >= 15 is 0 Å². The number of fused-ring (bicyclic) bond motifs is 1. The number of anilines is 1. The summed E-state index contributed by atoms with van der Waals surface area (Å²) in [7, 11) is 2.95. The first-order valence-corrected chi connectivity index (χ1v) is 9.77. The maximum absolute atomic E-state index is 14.6. The topological polar surface area (TPSA) is 89.0 Å². The fraction of sp³-hybridized carbons (Fsp3) is 0.125. The fourth-order valence-corrected chi connectivity index (χ4v) is 3.41. The molecule has 2 N–H and O–H groups in total. The number of para-hydroxylation sites is 1. The van der Waals surface area contributed by atoms with E-state index in [1.165, 1.54) is 26.4 Å². The van der Waals surface area contributed by atoms with E-state index < -0.39 is 23.8 Å². The number of benzene rings is 3. The van der Waals surface area contributed by atoms with Gasteiger partial charge in [-0.3, -0.25) is 9.59 Å². The van der Waals surface area contributed by atoms with Gasteiger partial charge in [-0.25, -0.2) is 9.38 Å². The van der Waals surface area contributed by atoms with Gasteiger partial charge in [-0.15, -0.1) is 0 Å². The number of nitrogens with zero attached hydrogens (tertiary/aromatic N) is 1. The first-order chi connectivity index (χ1) is 15.5. The average Bonchev–Trinajstić information content (AvgIpc) is 2.95. The summed E-state index contributed by atoms with van der Waals surface area (Å²) in [6, 6.07) is 17.7. The van der Waals surface area contributed by atoms with Gasteiger partial charge in [0.2, 0.25) is 6.17 Å². The Morgan fingerprint density at radius 3 is 2.38 bits per heavy atom. The molecule has 0 spiro atoms.